The van der Waals surface area contributed by atoms with Crippen molar-refractivity contribution >= 4 is 23.2 Å². The van der Waals surface area contributed by atoms with Gasteiger partial charge in [-0.3, -0.25) is 0 Å². The molecule has 0 spiro atoms. The van der Waals surface area contributed by atoms with E-state index in [1.165, 1.54) is 0 Å². The monoisotopic (exact) mass is 315 g/mol. The van der Waals surface area contributed by atoms with E-state index in [0.717, 1.165) is 0 Å². The summed E-state index contributed by atoms with van der Waals surface area (Å²) >= 11 is 12.0. The molecule has 0 aliphatic rings. The highest BCUT2D eigenvalue weighted by Crippen LogP contribution is 2.30. The number of rotatable bonds is 5. The van der Waals surface area contributed by atoms with Gasteiger partial charge in [0, 0.05) is 11.6 Å². The molecule has 7 heteroatoms. The summed E-state index contributed by atoms with van der Waals surface area (Å²) in [5, 5.41) is 4.91. The Morgan fingerprint density at radius 2 is 2.15 bits per heavy atom. The average molecular weight is 316 g/mol. The maximum atomic E-state index is 6.11. The Kier molecular flexibility index (Phi) is 4.65. The van der Waals surface area contributed by atoms with Gasteiger partial charge in [-0.25, -0.2) is 0 Å². The molecular weight excluding hydrogens is 301 g/mol. The Morgan fingerprint density at radius 3 is 2.85 bits per heavy atom. The van der Waals surface area contributed by atoms with Crippen LogP contribution in [0.1, 0.15) is 19.7 Å². The van der Waals surface area contributed by atoms with Crippen molar-refractivity contribution < 1.29 is 9.26 Å². The highest BCUT2D eigenvalue weighted by Gasteiger charge is 2.28. The van der Waals surface area contributed by atoms with Crippen molar-refractivity contribution in [3.8, 4) is 11.5 Å². The van der Waals surface area contributed by atoms with Crippen molar-refractivity contribution in [3.05, 3.63) is 34.1 Å². The molecule has 2 rings (SSSR count). The highest BCUT2D eigenvalue weighted by atomic mass is 35.5. The highest BCUT2D eigenvalue weighted by molar-refractivity contribution is 6.35. The van der Waals surface area contributed by atoms with Crippen molar-refractivity contribution in [2.75, 3.05) is 13.2 Å². The summed E-state index contributed by atoms with van der Waals surface area (Å²) in [4.78, 5) is 4.28. The van der Waals surface area contributed by atoms with Gasteiger partial charge in [0.25, 0.3) is 5.89 Å². The smallest absolute Gasteiger partial charge is 0.259 e. The van der Waals surface area contributed by atoms with E-state index in [4.69, 9.17) is 38.2 Å². The van der Waals surface area contributed by atoms with E-state index < -0.39 is 5.54 Å². The zero-order valence-corrected chi connectivity index (χ0v) is 12.7. The SMILES string of the molecule is CCOCC(C)(N)c1noc(-c2cc(Cl)ccc2Cl)n1. The number of hydrogen-bond donors (Lipinski definition) is 1. The summed E-state index contributed by atoms with van der Waals surface area (Å²) in [7, 11) is 0. The largest absolute Gasteiger partial charge is 0.379 e. The number of aromatic nitrogens is 2. The molecule has 1 aromatic carbocycles. The molecule has 0 aliphatic heterocycles. The lowest BCUT2D eigenvalue weighted by Gasteiger charge is -2.19. The predicted octanol–water partition coefficient (Wildman–Crippen LogP) is 3.25. The second kappa shape index (κ2) is 6.10. The fourth-order valence-corrected chi connectivity index (χ4v) is 1.98. The summed E-state index contributed by atoms with van der Waals surface area (Å²) in [6.07, 6.45) is 0. The van der Waals surface area contributed by atoms with Gasteiger partial charge >= 0.3 is 0 Å². The second-order valence-electron chi connectivity index (χ2n) is 4.60. The number of nitrogens with two attached hydrogens (primary N) is 1. The minimum Gasteiger partial charge on any atom is -0.379 e. The fourth-order valence-electron chi connectivity index (χ4n) is 1.60. The van der Waals surface area contributed by atoms with Gasteiger partial charge in [-0.2, -0.15) is 4.98 Å². The first kappa shape index (κ1) is 15.3. The number of nitrogens with zero attached hydrogens (tertiary/aromatic N) is 2. The first-order valence-electron chi connectivity index (χ1n) is 6.10. The molecular formula is C13H15Cl2N3O2. The molecule has 0 fully saturated rings. The van der Waals surface area contributed by atoms with Gasteiger partial charge in [0.1, 0.15) is 5.54 Å². The van der Waals surface area contributed by atoms with E-state index in [0.29, 0.717) is 34.6 Å². The van der Waals surface area contributed by atoms with Gasteiger partial charge in [0.2, 0.25) is 0 Å². The minimum absolute atomic E-state index is 0.278. The quantitative estimate of drug-likeness (QED) is 0.916. The number of ether oxygens (including phenoxy) is 1. The molecule has 0 bridgehead atoms. The standard InChI is InChI=1S/C13H15Cl2N3O2/c1-3-19-7-13(2,16)12-17-11(20-18-12)9-6-8(14)4-5-10(9)15/h4-6H,3,7,16H2,1-2H3. The molecule has 0 radical (unpaired) electrons. The van der Waals surface area contributed by atoms with Crippen molar-refractivity contribution in [1.82, 2.24) is 10.1 Å². The van der Waals surface area contributed by atoms with Gasteiger partial charge in [0.15, 0.2) is 5.82 Å². The molecule has 0 amide bonds. The first-order valence-corrected chi connectivity index (χ1v) is 6.86. The Hall–Kier alpha value is -1.14. The molecule has 2 aromatic rings. The van der Waals surface area contributed by atoms with E-state index in [9.17, 15) is 0 Å². The summed E-state index contributed by atoms with van der Waals surface area (Å²) in [5.41, 5.74) is 5.86. The molecule has 1 unspecified atom stereocenters. The van der Waals surface area contributed by atoms with Crippen LogP contribution in [0.4, 0.5) is 0 Å². The molecule has 20 heavy (non-hydrogen) atoms. The average Bonchev–Trinajstić information content (AvgIpc) is 2.89. The van der Waals surface area contributed by atoms with E-state index in [1.807, 2.05) is 6.92 Å². The van der Waals surface area contributed by atoms with Crippen LogP contribution in [0.5, 0.6) is 0 Å². The number of benzene rings is 1. The van der Waals surface area contributed by atoms with Crippen LogP contribution in [-0.2, 0) is 10.3 Å². The molecule has 1 heterocycles. The van der Waals surface area contributed by atoms with Crippen LogP contribution in [0.15, 0.2) is 22.7 Å². The number of hydrogen-bond acceptors (Lipinski definition) is 5. The van der Waals surface area contributed by atoms with E-state index in [2.05, 4.69) is 10.1 Å². The van der Waals surface area contributed by atoms with Crippen molar-refractivity contribution in [1.29, 1.82) is 0 Å². The molecule has 0 saturated heterocycles. The van der Waals surface area contributed by atoms with E-state index in [1.54, 1.807) is 25.1 Å². The molecule has 2 N–H and O–H groups in total. The van der Waals surface area contributed by atoms with Crippen LogP contribution in [0.2, 0.25) is 10.0 Å². The van der Waals surface area contributed by atoms with Crippen LogP contribution in [-0.4, -0.2) is 23.4 Å². The summed E-state index contributed by atoms with van der Waals surface area (Å²) in [6, 6.07) is 5.02. The van der Waals surface area contributed by atoms with Crippen LogP contribution < -0.4 is 5.73 Å². The zero-order chi connectivity index (χ0) is 14.8. The maximum Gasteiger partial charge on any atom is 0.259 e. The second-order valence-corrected chi connectivity index (χ2v) is 5.45. The van der Waals surface area contributed by atoms with Crippen LogP contribution in [0, 0.1) is 0 Å². The molecule has 1 atom stereocenters. The Bertz CT molecular complexity index is 599. The van der Waals surface area contributed by atoms with Gasteiger partial charge in [-0.05, 0) is 32.0 Å². The van der Waals surface area contributed by atoms with Crippen molar-refractivity contribution in [2.24, 2.45) is 5.73 Å². The lowest BCUT2D eigenvalue weighted by atomic mass is 10.1. The van der Waals surface area contributed by atoms with Crippen molar-refractivity contribution in [2.45, 2.75) is 19.4 Å². The topological polar surface area (TPSA) is 74.2 Å². The fraction of sp³-hybridized carbons (Fsp3) is 0.385. The lowest BCUT2D eigenvalue weighted by Crippen LogP contribution is -2.39. The zero-order valence-electron chi connectivity index (χ0n) is 11.2. The third kappa shape index (κ3) is 3.30. The Morgan fingerprint density at radius 1 is 1.40 bits per heavy atom. The molecule has 0 saturated carbocycles. The third-order valence-electron chi connectivity index (χ3n) is 2.70. The van der Waals surface area contributed by atoms with Crippen LogP contribution in [0.3, 0.4) is 0 Å². The Labute approximate surface area is 127 Å². The summed E-state index contributed by atoms with van der Waals surface area (Å²) in [6.45, 7) is 4.53. The number of halogens is 2. The summed E-state index contributed by atoms with van der Waals surface area (Å²) in [5.74, 6) is 0.637. The van der Waals surface area contributed by atoms with Gasteiger partial charge in [-0.1, -0.05) is 28.4 Å². The van der Waals surface area contributed by atoms with Crippen LogP contribution >= 0.6 is 23.2 Å². The maximum absolute atomic E-state index is 6.11. The van der Waals surface area contributed by atoms with E-state index in [-0.39, 0.29) is 5.89 Å². The van der Waals surface area contributed by atoms with Crippen LogP contribution in [0.25, 0.3) is 11.5 Å². The first-order chi connectivity index (χ1) is 9.44. The van der Waals surface area contributed by atoms with Gasteiger partial charge in [-0.15, -0.1) is 0 Å². The minimum atomic E-state index is -0.831. The Balaban J connectivity index is 2.31. The molecule has 1 aromatic heterocycles. The van der Waals surface area contributed by atoms with Gasteiger partial charge in [0.05, 0.1) is 17.2 Å². The molecule has 108 valence electrons. The molecule has 0 aliphatic carbocycles. The molecule has 5 nitrogen and oxygen atoms in total. The lowest BCUT2D eigenvalue weighted by molar-refractivity contribution is 0.0962. The van der Waals surface area contributed by atoms with E-state index >= 15 is 0 Å². The third-order valence-corrected chi connectivity index (χ3v) is 3.27. The van der Waals surface area contributed by atoms with Gasteiger partial charge < -0.3 is 15.0 Å². The normalized spacial score (nSPS) is 14.2. The summed E-state index contributed by atoms with van der Waals surface area (Å²) < 4.78 is 10.5. The predicted molar refractivity (Wildman–Crippen MR) is 77.8 cm³/mol. The van der Waals surface area contributed by atoms with Crippen molar-refractivity contribution in [3.63, 3.8) is 0 Å².